The topological polar surface area (TPSA) is 59.1 Å². The number of aromatic nitrogens is 1. The Bertz CT molecular complexity index is 917. The molecule has 0 aliphatic carbocycles. The number of benzene rings is 2. The summed E-state index contributed by atoms with van der Waals surface area (Å²) in [5.74, 6) is -0.665. The fraction of sp³-hybridized carbons (Fsp3) is 0.0500. The van der Waals surface area contributed by atoms with Crippen LogP contribution < -0.4 is 5.32 Å². The predicted octanol–water partition coefficient (Wildman–Crippen LogP) is 4.36. The minimum Gasteiger partial charge on any atom is -0.326 e. The Balaban J connectivity index is 1.56. The Labute approximate surface area is 154 Å². The summed E-state index contributed by atoms with van der Waals surface area (Å²) in [7, 11) is 0. The lowest BCUT2D eigenvalue weighted by Crippen LogP contribution is -2.14. The summed E-state index contributed by atoms with van der Waals surface area (Å²) >= 11 is 1.30. The van der Waals surface area contributed by atoms with Gasteiger partial charge < -0.3 is 5.32 Å². The zero-order valence-corrected chi connectivity index (χ0v) is 14.5. The zero-order valence-electron chi connectivity index (χ0n) is 13.7. The van der Waals surface area contributed by atoms with E-state index >= 15 is 0 Å². The van der Waals surface area contributed by atoms with Crippen molar-refractivity contribution >= 4 is 34.8 Å². The van der Waals surface area contributed by atoms with E-state index in [4.69, 9.17) is 0 Å². The summed E-state index contributed by atoms with van der Waals surface area (Å²) in [5, 5.41) is 4.93. The van der Waals surface area contributed by atoms with Crippen LogP contribution in [-0.4, -0.2) is 16.7 Å². The number of thiazole rings is 1. The average molecular weight is 366 g/mol. The fourth-order valence-corrected chi connectivity index (χ4v) is 2.82. The van der Waals surface area contributed by atoms with E-state index in [1.165, 1.54) is 41.7 Å². The summed E-state index contributed by atoms with van der Waals surface area (Å²) < 4.78 is 12.9. The van der Waals surface area contributed by atoms with Crippen molar-refractivity contribution in [3.8, 4) is 0 Å². The number of anilines is 1. The number of carbonyl (C=O) groups excluding carboxylic acids is 2. The lowest BCUT2D eigenvalue weighted by molar-refractivity contribution is -0.115. The number of nitrogens with one attached hydrogen (secondary N) is 1. The van der Waals surface area contributed by atoms with E-state index in [1.807, 2.05) is 24.3 Å². The zero-order chi connectivity index (χ0) is 18.4. The Morgan fingerprint density at radius 3 is 2.46 bits per heavy atom. The van der Waals surface area contributed by atoms with E-state index in [2.05, 4.69) is 10.3 Å². The maximum atomic E-state index is 12.9. The molecular weight excluding hydrogens is 351 g/mol. The average Bonchev–Trinajstić information content (AvgIpc) is 3.17. The number of nitrogens with zero attached hydrogens (tertiary/aromatic N) is 1. The third-order valence-corrected chi connectivity index (χ3v) is 4.33. The van der Waals surface area contributed by atoms with Crippen LogP contribution in [0.4, 0.5) is 10.1 Å². The van der Waals surface area contributed by atoms with Crippen molar-refractivity contribution < 1.29 is 14.0 Å². The monoisotopic (exact) mass is 366 g/mol. The van der Waals surface area contributed by atoms with Crippen molar-refractivity contribution in [1.29, 1.82) is 0 Å². The molecule has 0 spiro atoms. The summed E-state index contributed by atoms with van der Waals surface area (Å²) in [6, 6.07) is 13.0. The van der Waals surface area contributed by atoms with E-state index < -0.39 is 0 Å². The second-order valence-electron chi connectivity index (χ2n) is 5.51. The van der Waals surface area contributed by atoms with Crippen molar-refractivity contribution in [1.82, 2.24) is 4.98 Å². The molecule has 0 aliphatic heterocycles. The Hall–Kier alpha value is -3.12. The van der Waals surface area contributed by atoms with Gasteiger partial charge in [-0.25, -0.2) is 9.37 Å². The molecule has 0 aliphatic rings. The maximum absolute atomic E-state index is 12.9. The number of ketones is 1. The van der Waals surface area contributed by atoms with Gasteiger partial charge in [0.15, 0.2) is 5.01 Å². The minimum absolute atomic E-state index is 0.136. The van der Waals surface area contributed by atoms with Crippen LogP contribution in [0.3, 0.4) is 0 Å². The molecule has 1 aromatic heterocycles. The molecule has 26 heavy (non-hydrogen) atoms. The molecule has 0 radical (unpaired) electrons. The molecule has 6 heteroatoms. The van der Waals surface area contributed by atoms with E-state index in [9.17, 15) is 14.0 Å². The van der Waals surface area contributed by atoms with Gasteiger partial charge in [0.25, 0.3) is 0 Å². The number of halogens is 1. The first-order chi connectivity index (χ1) is 12.6. The number of carbonyl (C=O) groups is 2. The van der Waals surface area contributed by atoms with Crippen molar-refractivity contribution in [3.05, 3.63) is 88.1 Å². The Morgan fingerprint density at radius 1 is 1.08 bits per heavy atom. The third kappa shape index (κ3) is 4.94. The van der Waals surface area contributed by atoms with Gasteiger partial charge >= 0.3 is 0 Å². The lowest BCUT2D eigenvalue weighted by atomic mass is 10.1. The summed E-state index contributed by atoms with van der Waals surface area (Å²) in [6.07, 6.45) is 5.00. The quantitative estimate of drug-likeness (QED) is 0.521. The number of hydrogen-bond donors (Lipinski definition) is 1. The molecule has 0 atom stereocenters. The van der Waals surface area contributed by atoms with Crippen molar-refractivity contribution in [3.63, 3.8) is 0 Å². The standard InChI is InChI=1S/C20H15FN2O2S/c21-16-6-8-17(9-7-16)23-19(25)13-15-3-1-14(2-4-15)5-10-18(24)20-22-11-12-26-20/h1-12H,13H2,(H,23,25)/b10-5+. The third-order valence-electron chi connectivity index (χ3n) is 3.54. The smallest absolute Gasteiger partial charge is 0.228 e. The summed E-state index contributed by atoms with van der Waals surface area (Å²) in [6.45, 7) is 0. The van der Waals surface area contributed by atoms with Crippen LogP contribution in [-0.2, 0) is 11.2 Å². The molecule has 0 bridgehead atoms. The molecule has 0 saturated carbocycles. The summed E-state index contributed by atoms with van der Waals surface area (Å²) in [4.78, 5) is 27.9. The minimum atomic E-state index is -0.347. The number of rotatable bonds is 6. The SMILES string of the molecule is O=C(Cc1ccc(/C=C/C(=O)c2nccs2)cc1)Nc1ccc(F)cc1. The van der Waals surface area contributed by atoms with E-state index in [1.54, 1.807) is 17.7 Å². The number of amides is 1. The van der Waals surface area contributed by atoms with Gasteiger partial charge in [0.2, 0.25) is 11.7 Å². The number of hydrogen-bond acceptors (Lipinski definition) is 4. The van der Waals surface area contributed by atoms with Gasteiger partial charge in [0, 0.05) is 17.3 Å². The van der Waals surface area contributed by atoms with Gasteiger partial charge in [-0.05, 0) is 41.5 Å². The molecule has 1 N–H and O–H groups in total. The first kappa shape index (κ1) is 17.7. The van der Waals surface area contributed by atoms with Crippen LogP contribution >= 0.6 is 11.3 Å². The Kier molecular flexibility index (Phi) is 5.66. The highest BCUT2D eigenvalue weighted by atomic mass is 32.1. The van der Waals surface area contributed by atoms with E-state index in [0.717, 1.165) is 11.1 Å². The van der Waals surface area contributed by atoms with Crippen LogP contribution in [0.1, 0.15) is 20.9 Å². The molecular formula is C20H15FN2O2S. The molecule has 3 rings (SSSR count). The number of allylic oxidation sites excluding steroid dienone is 1. The fourth-order valence-electron chi connectivity index (χ4n) is 2.26. The molecule has 2 aromatic carbocycles. The molecule has 4 nitrogen and oxygen atoms in total. The highest BCUT2D eigenvalue weighted by molar-refractivity contribution is 7.11. The van der Waals surface area contributed by atoms with Crippen molar-refractivity contribution in [2.45, 2.75) is 6.42 Å². The van der Waals surface area contributed by atoms with Gasteiger partial charge in [-0.2, -0.15) is 0 Å². The van der Waals surface area contributed by atoms with Crippen LogP contribution in [0.5, 0.6) is 0 Å². The second-order valence-corrected chi connectivity index (χ2v) is 6.40. The van der Waals surface area contributed by atoms with Crippen molar-refractivity contribution in [2.75, 3.05) is 5.32 Å². The molecule has 0 saturated heterocycles. The van der Waals surface area contributed by atoms with Gasteiger partial charge in [-0.15, -0.1) is 11.3 Å². The van der Waals surface area contributed by atoms with Gasteiger partial charge in [-0.1, -0.05) is 30.3 Å². The van der Waals surface area contributed by atoms with Gasteiger partial charge in [0.05, 0.1) is 6.42 Å². The summed E-state index contributed by atoms with van der Waals surface area (Å²) in [5.41, 5.74) is 2.25. The first-order valence-electron chi connectivity index (χ1n) is 7.86. The predicted molar refractivity (Wildman–Crippen MR) is 101 cm³/mol. The highest BCUT2D eigenvalue weighted by Crippen LogP contribution is 2.12. The van der Waals surface area contributed by atoms with Crippen LogP contribution in [0.2, 0.25) is 0 Å². The maximum Gasteiger partial charge on any atom is 0.228 e. The highest BCUT2D eigenvalue weighted by Gasteiger charge is 2.05. The molecule has 0 unspecified atom stereocenters. The molecule has 0 fully saturated rings. The van der Waals surface area contributed by atoms with Crippen molar-refractivity contribution in [2.24, 2.45) is 0 Å². The normalized spacial score (nSPS) is 10.8. The van der Waals surface area contributed by atoms with Crippen LogP contribution in [0.25, 0.3) is 6.08 Å². The van der Waals surface area contributed by atoms with E-state index in [0.29, 0.717) is 10.7 Å². The first-order valence-corrected chi connectivity index (χ1v) is 8.74. The molecule has 1 heterocycles. The van der Waals surface area contributed by atoms with Gasteiger partial charge in [-0.3, -0.25) is 9.59 Å². The lowest BCUT2D eigenvalue weighted by Gasteiger charge is -2.05. The van der Waals surface area contributed by atoms with Gasteiger partial charge in [0.1, 0.15) is 5.82 Å². The largest absolute Gasteiger partial charge is 0.326 e. The van der Waals surface area contributed by atoms with Crippen LogP contribution in [0, 0.1) is 5.82 Å². The van der Waals surface area contributed by atoms with E-state index in [-0.39, 0.29) is 23.9 Å². The van der Waals surface area contributed by atoms with Crippen LogP contribution in [0.15, 0.2) is 66.2 Å². The second kappa shape index (κ2) is 8.31. The molecule has 3 aromatic rings. The Morgan fingerprint density at radius 2 is 1.81 bits per heavy atom. The molecule has 1 amide bonds. The molecule has 130 valence electrons.